The van der Waals surface area contributed by atoms with E-state index in [-0.39, 0.29) is 43.3 Å². The Morgan fingerprint density at radius 1 is 1.09 bits per heavy atom. The van der Waals surface area contributed by atoms with Crippen LogP contribution in [0.3, 0.4) is 0 Å². The van der Waals surface area contributed by atoms with E-state index in [1.165, 1.54) is 0 Å². The van der Waals surface area contributed by atoms with Crippen molar-refractivity contribution in [2.45, 2.75) is 116 Å². The highest BCUT2D eigenvalue weighted by atomic mass is 16.7. The first-order valence-electron chi connectivity index (χ1n) is 17.0. The summed E-state index contributed by atoms with van der Waals surface area (Å²) in [5.41, 5.74) is 0.833. The molecule has 0 spiro atoms. The highest BCUT2D eigenvalue weighted by Crippen LogP contribution is 2.34. The minimum Gasteiger partial charge on any atom is -0.462 e. The van der Waals surface area contributed by atoms with E-state index < -0.39 is 54.4 Å². The number of ketones is 1. The number of likely N-dealkylation sites (N-methyl/N-ethyl adjacent to an activating group) is 2. The molecule has 1 saturated heterocycles. The number of esters is 1. The maximum atomic E-state index is 13.3. The Hall–Kier alpha value is -1.99. The van der Waals surface area contributed by atoms with E-state index in [4.69, 9.17) is 14.2 Å². The van der Waals surface area contributed by atoms with Gasteiger partial charge in [-0.25, -0.2) is 0 Å². The Balaban J connectivity index is 2.52. The van der Waals surface area contributed by atoms with E-state index in [2.05, 4.69) is 4.90 Å². The summed E-state index contributed by atoms with van der Waals surface area (Å²) < 4.78 is 18.5. The number of carbonyl (C=O) groups excluding carboxylic acids is 3. The smallest absolute Gasteiger partial charge is 0.308 e. The third-order valence-corrected chi connectivity index (χ3v) is 9.56. The van der Waals surface area contributed by atoms with Crippen LogP contribution in [0.2, 0.25) is 0 Å². The molecule has 0 aromatic heterocycles. The molecule has 0 bridgehead atoms. The topological polar surface area (TPSA) is 146 Å². The number of cyclic esters (lactones) is 1. The van der Waals surface area contributed by atoms with Crippen molar-refractivity contribution in [3.63, 3.8) is 0 Å². The van der Waals surface area contributed by atoms with Gasteiger partial charge in [-0.3, -0.25) is 9.59 Å². The van der Waals surface area contributed by atoms with Gasteiger partial charge < -0.3 is 44.1 Å². The van der Waals surface area contributed by atoms with Crippen LogP contribution in [0, 0.1) is 23.7 Å². The molecule has 3 N–H and O–H groups in total. The molecule has 0 radical (unpaired) electrons. The molecule has 2 aliphatic heterocycles. The van der Waals surface area contributed by atoms with Gasteiger partial charge in [0.05, 0.1) is 31.3 Å². The first kappa shape index (κ1) is 40.2. The summed E-state index contributed by atoms with van der Waals surface area (Å²) in [5.74, 6) is -2.52. The third kappa shape index (κ3) is 11.9. The number of allylic oxidation sites excluding steroid dienone is 3. The number of hydrogen-bond acceptors (Lipinski definition) is 11. The molecule has 11 nitrogen and oxygen atoms in total. The van der Waals surface area contributed by atoms with Gasteiger partial charge in [0.15, 0.2) is 12.1 Å². The lowest BCUT2D eigenvalue weighted by Gasteiger charge is -2.44. The number of carbonyl (C=O) groups is 3. The molecule has 0 aromatic rings. The standard InChI is InChI=1S/C35H60N2O9/c1-9-31-27(21-37(10-2)14-16-39)17-22(3)11-12-29(40)23(4)18-26(13-15-38)34(25(6)30(41)20-32(42)45-31)46-35-33(43)28(36(7)8)19-24(5)44-35/h11-12,15,17,23-28,30-31,33-35,39,41,43H,9-10,13-14,16,18-21H2,1-8H3/b12-11+,22-17+. The molecule has 2 heterocycles. The maximum absolute atomic E-state index is 13.3. The highest BCUT2D eigenvalue weighted by Gasteiger charge is 2.43. The zero-order valence-electron chi connectivity index (χ0n) is 29.2. The molecule has 0 aliphatic carbocycles. The van der Waals surface area contributed by atoms with Gasteiger partial charge in [0.2, 0.25) is 0 Å². The number of hydrogen-bond donors (Lipinski definition) is 3. The van der Waals surface area contributed by atoms with E-state index in [1.807, 2.05) is 59.7 Å². The molecule has 1 fully saturated rings. The third-order valence-electron chi connectivity index (χ3n) is 9.56. The van der Waals surface area contributed by atoms with E-state index in [0.29, 0.717) is 38.9 Å². The Labute approximate surface area is 275 Å². The maximum Gasteiger partial charge on any atom is 0.308 e. The fourth-order valence-electron chi connectivity index (χ4n) is 6.67. The Kier molecular flexibility index (Phi) is 17.2. The van der Waals surface area contributed by atoms with Crippen molar-refractivity contribution in [1.82, 2.24) is 9.80 Å². The Morgan fingerprint density at radius 2 is 1.78 bits per heavy atom. The number of aliphatic hydroxyl groups excluding tert-OH is 3. The number of rotatable bonds is 11. The van der Waals surface area contributed by atoms with Gasteiger partial charge in [-0.1, -0.05) is 45.4 Å². The summed E-state index contributed by atoms with van der Waals surface area (Å²) in [5, 5.41) is 32.2. The molecule has 2 aliphatic rings. The molecular formula is C35H60N2O9. The van der Waals surface area contributed by atoms with E-state index >= 15 is 0 Å². The van der Waals surface area contributed by atoms with Crippen LogP contribution in [0.1, 0.15) is 73.6 Å². The molecular weight excluding hydrogens is 592 g/mol. The average Bonchev–Trinajstić information content (AvgIpc) is 3.00. The molecule has 0 saturated carbocycles. The van der Waals surface area contributed by atoms with E-state index in [1.54, 1.807) is 19.1 Å². The van der Waals surface area contributed by atoms with Crippen molar-refractivity contribution in [3.8, 4) is 0 Å². The summed E-state index contributed by atoms with van der Waals surface area (Å²) in [6, 6.07) is -0.235. The highest BCUT2D eigenvalue weighted by molar-refractivity contribution is 5.91. The minimum atomic E-state index is -1.19. The predicted molar refractivity (Wildman–Crippen MR) is 176 cm³/mol. The van der Waals surface area contributed by atoms with Crippen LogP contribution in [0.5, 0.6) is 0 Å². The van der Waals surface area contributed by atoms with E-state index in [0.717, 1.165) is 11.9 Å². The lowest BCUT2D eigenvalue weighted by atomic mass is 9.79. The van der Waals surface area contributed by atoms with Gasteiger partial charge in [-0.15, -0.1) is 0 Å². The SMILES string of the molecule is CCC1OC(=O)CC(O)C(C)C(OC2OC(C)CC(N(C)C)C2O)C(CC=O)CC(C)C(=O)/C=C/C(C)=C/C1CN(CC)CCO. The normalized spacial score (nSPS) is 37.5. The van der Waals surface area contributed by atoms with Gasteiger partial charge in [-0.2, -0.15) is 0 Å². The average molecular weight is 653 g/mol. The second-order valence-corrected chi connectivity index (χ2v) is 13.5. The number of aliphatic hydroxyl groups is 3. The monoisotopic (exact) mass is 652 g/mol. The van der Waals surface area contributed by atoms with Crippen molar-refractivity contribution in [2.75, 3.05) is 40.3 Å². The summed E-state index contributed by atoms with van der Waals surface area (Å²) in [6.45, 7) is 13.0. The largest absolute Gasteiger partial charge is 0.462 e. The predicted octanol–water partition coefficient (Wildman–Crippen LogP) is 2.75. The Bertz CT molecular complexity index is 1020. The Morgan fingerprint density at radius 3 is 2.37 bits per heavy atom. The van der Waals surface area contributed by atoms with Gasteiger partial charge >= 0.3 is 5.97 Å². The van der Waals surface area contributed by atoms with Crippen LogP contribution in [-0.4, -0.2) is 126 Å². The van der Waals surface area contributed by atoms with E-state index in [9.17, 15) is 29.7 Å². The van der Waals surface area contributed by atoms with Crippen LogP contribution in [0.4, 0.5) is 0 Å². The summed E-state index contributed by atoms with van der Waals surface area (Å²) in [7, 11) is 3.75. The number of aldehydes is 1. The van der Waals surface area contributed by atoms with Crippen molar-refractivity contribution in [1.29, 1.82) is 0 Å². The zero-order valence-corrected chi connectivity index (χ0v) is 29.2. The van der Waals surface area contributed by atoms with Crippen LogP contribution in [0.15, 0.2) is 23.8 Å². The molecule has 46 heavy (non-hydrogen) atoms. The van der Waals surface area contributed by atoms with Crippen molar-refractivity contribution in [2.24, 2.45) is 23.7 Å². The van der Waals surface area contributed by atoms with Crippen LogP contribution < -0.4 is 0 Å². The first-order valence-corrected chi connectivity index (χ1v) is 17.0. The summed E-state index contributed by atoms with van der Waals surface area (Å²) in [6.07, 6.45) is 2.50. The molecule has 11 atom stereocenters. The van der Waals surface area contributed by atoms with Crippen molar-refractivity contribution >= 4 is 18.0 Å². The first-order chi connectivity index (χ1) is 21.8. The molecule has 11 heteroatoms. The van der Waals surface area contributed by atoms with Crippen LogP contribution >= 0.6 is 0 Å². The molecule has 264 valence electrons. The quantitative estimate of drug-likeness (QED) is 0.224. The number of ether oxygens (including phenoxy) is 3. The van der Waals surface area contributed by atoms with Gasteiger partial charge in [0.1, 0.15) is 18.5 Å². The lowest BCUT2D eigenvalue weighted by molar-refractivity contribution is -0.283. The molecule has 2 rings (SSSR count). The fraction of sp³-hybridized carbons (Fsp3) is 0.800. The van der Waals surface area contributed by atoms with Gasteiger partial charge in [-0.05, 0) is 65.7 Å². The molecule has 0 amide bonds. The molecule has 0 aromatic carbocycles. The molecule has 11 unspecified atom stereocenters. The lowest BCUT2D eigenvalue weighted by Crippen LogP contribution is -2.56. The van der Waals surface area contributed by atoms with Crippen molar-refractivity contribution < 1.29 is 43.9 Å². The fourth-order valence-corrected chi connectivity index (χ4v) is 6.67. The van der Waals surface area contributed by atoms with Gasteiger partial charge in [0.25, 0.3) is 0 Å². The van der Waals surface area contributed by atoms with Crippen molar-refractivity contribution in [3.05, 3.63) is 23.8 Å². The van der Waals surface area contributed by atoms with Crippen LogP contribution in [0.25, 0.3) is 0 Å². The van der Waals surface area contributed by atoms with Crippen LogP contribution in [-0.2, 0) is 28.6 Å². The second kappa shape index (κ2) is 19.7. The number of nitrogens with zero attached hydrogens (tertiary/aromatic N) is 2. The zero-order chi connectivity index (χ0) is 34.6. The summed E-state index contributed by atoms with van der Waals surface area (Å²) >= 11 is 0. The van der Waals surface area contributed by atoms with Gasteiger partial charge in [0, 0.05) is 43.3 Å². The second-order valence-electron chi connectivity index (χ2n) is 13.5. The minimum absolute atomic E-state index is 0.00217. The summed E-state index contributed by atoms with van der Waals surface area (Å²) in [4.78, 5) is 42.6.